The third-order valence-corrected chi connectivity index (χ3v) is 6.33. The molecule has 1 saturated heterocycles. The van der Waals surface area contributed by atoms with Crippen LogP contribution in [0.2, 0.25) is 0 Å². The largest absolute Gasteiger partial charge is 0.337 e. The first-order chi connectivity index (χ1) is 17.0. The molecule has 1 aromatic carbocycles. The summed E-state index contributed by atoms with van der Waals surface area (Å²) in [6.07, 6.45) is 4.39. The topological polar surface area (TPSA) is 92.1 Å². The van der Waals surface area contributed by atoms with Gasteiger partial charge in [0.1, 0.15) is 17.2 Å². The van der Waals surface area contributed by atoms with Crippen molar-refractivity contribution in [1.29, 1.82) is 0 Å². The number of benzene rings is 1. The molecule has 4 aromatic rings. The van der Waals surface area contributed by atoms with E-state index < -0.39 is 0 Å². The van der Waals surface area contributed by atoms with Gasteiger partial charge in [-0.25, -0.2) is 14.6 Å². The average molecular weight is 471 g/mol. The summed E-state index contributed by atoms with van der Waals surface area (Å²) in [5.74, 6) is 1.35. The van der Waals surface area contributed by atoms with Crippen LogP contribution in [0.5, 0.6) is 0 Å². The van der Waals surface area contributed by atoms with Crippen molar-refractivity contribution in [3.05, 3.63) is 60.4 Å². The van der Waals surface area contributed by atoms with Crippen molar-refractivity contribution < 1.29 is 4.79 Å². The van der Waals surface area contributed by atoms with E-state index in [2.05, 4.69) is 57.5 Å². The molecule has 3 aromatic heterocycles. The van der Waals surface area contributed by atoms with Gasteiger partial charge in [0, 0.05) is 38.1 Å². The molecule has 0 unspecified atom stereocenters. The number of rotatable bonds is 5. The summed E-state index contributed by atoms with van der Waals surface area (Å²) in [7, 11) is 2.09. The molecule has 0 spiro atoms. The number of fused-ring (bicyclic) bond motifs is 1. The highest BCUT2D eigenvalue weighted by Crippen LogP contribution is 2.26. The summed E-state index contributed by atoms with van der Waals surface area (Å²) < 4.78 is 1.93. The monoisotopic (exact) mass is 470 g/mol. The predicted molar refractivity (Wildman–Crippen MR) is 137 cm³/mol. The fourth-order valence-corrected chi connectivity index (χ4v) is 4.33. The Balaban J connectivity index is 1.31. The number of likely N-dealkylation sites (N-methyl/N-ethyl adjacent to an activating group) is 1. The number of nitrogens with one attached hydrogen (secondary N) is 1. The maximum absolute atomic E-state index is 12.9. The number of pyridine rings is 2. The second kappa shape index (κ2) is 9.79. The molecule has 0 bridgehead atoms. The van der Waals surface area contributed by atoms with Crippen LogP contribution in [0, 0.1) is 0 Å². The van der Waals surface area contributed by atoms with Crippen LogP contribution in [0.15, 0.2) is 54.9 Å². The molecule has 180 valence electrons. The predicted octanol–water partition coefficient (Wildman–Crippen LogP) is 3.99. The molecule has 1 aliphatic heterocycles. The first kappa shape index (κ1) is 22.9. The van der Waals surface area contributed by atoms with E-state index >= 15 is 0 Å². The highest BCUT2D eigenvalue weighted by atomic mass is 16.2. The number of nitrogens with zero attached hydrogens (tertiary/aromatic N) is 7. The summed E-state index contributed by atoms with van der Waals surface area (Å²) in [5.41, 5.74) is 4.57. The Kier molecular flexibility index (Phi) is 6.41. The molecule has 4 heterocycles. The summed E-state index contributed by atoms with van der Waals surface area (Å²) in [5, 5.41) is 11.8. The van der Waals surface area contributed by atoms with Crippen LogP contribution in [0.3, 0.4) is 0 Å². The second-order valence-electron chi connectivity index (χ2n) is 9.27. The van der Waals surface area contributed by atoms with Gasteiger partial charge < -0.3 is 15.1 Å². The molecule has 1 aliphatic rings. The number of anilines is 2. The number of amides is 1. The summed E-state index contributed by atoms with van der Waals surface area (Å²) in [6.45, 7) is 7.61. The van der Waals surface area contributed by atoms with Gasteiger partial charge in [-0.1, -0.05) is 11.3 Å². The SMILES string of the molecule is CC(C)n1nnc2ccc(-c3ccnc(Nc4ccc(C(=O)N5CCCN(C)CC5)cn4)c3)cc21. The van der Waals surface area contributed by atoms with E-state index in [1.807, 2.05) is 46.0 Å². The molecule has 9 heteroatoms. The van der Waals surface area contributed by atoms with E-state index in [-0.39, 0.29) is 11.9 Å². The van der Waals surface area contributed by atoms with Gasteiger partial charge in [0.25, 0.3) is 5.91 Å². The lowest BCUT2D eigenvalue weighted by molar-refractivity contribution is 0.0762. The minimum Gasteiger partial charge on any atom is -0.337 e. The number of carbonyl (C=O) groups is 1. The van der Waals surface area contributed by atoms with Crippen molar-refractivity contribution in [2.45, 2.75) is 26.3 Å². The van der Waals surface area contributed by atoms with Crippen LogP contribution < -0.4 is 5.32 Å². The zero-order valence-corrected chi connectivity index (χ0v) is 20.3. The standard InChI is InChI=1S/C26H30N8O/c1-18(2)34-23-15-19(5-7-22(23)30-31-34)20-9-10-27-25(16-20)29-24-8-6-21(17-28-24)26(35)33-12-4-11-32(3)13-14-33/h5-10,15-18H,4,11-14H2,1-3H3,(H,27,28,29). The van der Waals surface area contributed by atoms with E-state index in [9.17, 15) is 4.79 Å². The van der Waals surface area contributed by atoms with E-state index in [1.165, 1.54) is 0 Å². The van der Waals surface area contributed by atoms with Gasteiger partial charge in [0.05, 0.1) is 11.1 Å². The van der Waals surface area contributed by atoms with E-state index in [0.29, 0.717) is 17.2 Å². The van der Waals surface area contributed by atoms with Crippen molar-refractivity contribution in [2.75, 3.05) is 38.5 Å². The Morgan fingerprint density at radius 3 is 2.60 bits per heavy atom. The van der Waals surface area contributed by atoms with Crippen LogP contribution in [-0.4, -0.2) is 73.9 Å². The van der Waals surface area contributed by atoms with Gasteiger partial charge in [-0.15, -0.1) is 5.10 Å². The zero-order chi connectivity index (χ0) is 24.4. The lowest BCUT2D eigenvalue weighted by Crippen LogP contribution is -2.34. The van der Waals surface area contributed by atoms with E-state index in [0.717, 1.165) is 54.8 Å². The van der Waals surface area contributed by atoms with Gasteiger partial charge in [0.15, 0.2) is 0 Å². The van der Waals surface area contributed by atoms with Gasteiger partial charge >= 0.3 is 0 Å². The number of carbonyl (C=O) groups excluding carboxylic acids is 1. The Hall–Kier alpha value is -3.85. The second-order valence-corrected chi connectivity index (χ2v) is 9.27. The van der Waals surface area contributed by atoms with Crippen LogP contribution >= 0.6 is 0 Å². The lowest BCUT2D eigenvalue weighted by Gasteiger charge is -2.20. The summed E-state index contributed by atoms with van der Waals surface area (Å²) in [6, 6.07) is 14.0. The lowest BCUT2D eigenvalue weighted by atomic mass is 10.1. The Bertz CT molecular complexity index is 1330. The smallest absolute Gasteiger partial charge is 0.255 e. The van der Waals surface area contributed by atoms with Crippen LogP contribution in [0.1, 0.15) is 36.7 Å². The third-order valence-electron chi connectivity index (χ3n) is 6.33. The van der Waals surface area contributed by atoms with Crippen molar-refractivity contribution in [3.8, 4) is 11.1 Å². The first-order valence-corrected chi connectivity index (χ1v) is 12.0. The van der Waals surface area contributed by atoms with Gasteiger partial charge in [-0.2, -0.15) is 0 Å². The van der Waals surface area contributed by atoms with Gasteiger partial charge in [0.2, 0.25) is 0 Å². The zero-order valence-electron chi connectivity index (χ0n) is 20.3. The normalized spacial score (nSPS) is 14.9. The maximum atomic E-state index is 12.9. The van der Waals surface area contributed by atoms with E-state index in [4.69, 9.17) is 0 Å². The molecule has 9 nitrogen and oxygen atoms in total. The quantitative estimate of drug-likeness (QED) is 0.471. The van der Waals surface area contributed by atoms with Crippen molar-refractivity contribution in [3.63, 3.8) is 0 Å². The minimum atomic E-state index is 0.0324. The van der Waals surface area contributed by atoms with Gasteiger partial charge in [-0.3, -0.25) is 4.79 Å². The molecule has 0 saturated carbocycles. The van der Waals surface area contributed by atoms with Crippen molar-refractivity contribution >= 4 is 28.6 Å². The molecule has 0 atom stereocenters. The Morgan fingerprint density at radius 2 is 1.80 bits per heavy atom. The highest BCUT2D eigenvalue weighted by Gasteiger charge is 2.19. The Morgan fingerprint density at radius 1 is 0.943 bits per heavy atom. The fraction of sp³-hybridized carbons (Fsp3) is 0.346. The molecule has 0 aliphatic carbocycles. The molecule has 1 fully saturated rings. The molecule has 35 heavy (non-hydrogen) atoms. The maximum Gasteiger partial charge on any atom is 0.255 e. The fourth-order valence-electron chi connectivity index (χ4n) is 4.33. The average Bonchev–Trinajstić information content (AvgIpc) is 3.18. The first-order valence-electron chi connectivity index (χ1n) is 12.0. The van der Waals surface area contributed by atoms with Crippen LogP contribution in [0.25, 0.3) is 22.2 Å². The van der Waals surface area contributed by atoms with Crippen LogP contribution in [0.4, 0.5) is 11.6 Å². The summed E-state index contributed by atoms with van der Waals surface area (Å²) in [4.78, 5) is 26.0. The molecule has 1 N–H and O–H groups in total. The molecule has 1 amide bonds. The molecular weight excluding hydrogens is 440 g/mol. The van der Waals surface area contributed by atoms with E-state index in [1.54, 1.807) is 12.4 Å². The minimum absolute atomic E-state index is 0.0324. The molecule has 5 rings (SSSR count). The number of aromatic nitrogens is 5. The van der Waals surface area contributed by atoms with Gasteiger partial charge in [-0.05, 0) is 81.4 Å². The molecular formula is C26H30N8O. The number of hydrogen-bond acceptors (Lipinski definition) is 7. The highest BCUT2D eigenvalue weighted by molar-refractivity contribution is 5.94. The number of hydrogen-bond donors (Lipinski definition) is 1. The van der Waals surface area contributed by atoms with Crippen molar-refractivity contribution in [1.82, 2.24) is 34.8 Å². The third kappa shape index (κ3) is 5.00. The summed E-state index contributed by atoms with van der Waals surface area (Å²) >= 11 is 0. The molecule has 0 radical (unpaired) electrons. The Labute approximate surface area is 204 Å². The van der Waals surface area contributed by atoms with Crippen molar-refractivity contribution in [2.24, 2.45) is 0 Å². The van der Waals surface area contributed by atoms with Crippen LogP contribution in [-0.2, 0) is 0 Å².